The predicted octanol–water partition coefficient (Wildman–Crippen LogP) is 6.06. The summed E-state index contributed by atoms with van der Waals surface area (Å²) >= 11 is 0. The maximum atomic E-state index is 13.6. The van der Waals surface area contributed by atoms with Crippen molar-refractivity contribution in [3.8, 4) is 11.1 Å². The molecular weight excluding hydrogens is 398 g/mol. The van der Waals surface area contributed by atoms with Gasteiger partial charge in [-0.1, -0.05) is 12.1 Å². The van der Waals surface area contributed by atoms with Gasteiger partial charge in [-0.2, -0.15) is 0 Å². The molecule has 0 radical (unpaired) electrons. The number of aromatic nitrogens is 1. The van der Waals surface area contributed by atoms with E-state index in [1.54, 1.807) is 24.0 Å². The fourth-order valence-corrected chi connectivity index (χ4v) is 4.12. The first-order chi connectivity index (χ1) is 15.0. The number of halogens is 2. The van der Waals surface area contributed by atoms with Crippen molar-refractivity contribution in [1.29, 1.82) is 0 Å². The third kappa shape index (κ3) is 3.58. The molecule has 1 amide bonds. The third-order valence-electron chi connectivity index (χ3n) is 5.79. The Hall–Kier alpha value is -3.54. The van der Waals surface area contributed by atoms with E-state index in [0.717, 1.165) is 24.0 Å². The van der Waals surface area contributed by atoms with Crippen LogP contribution in [-0.2, 0) is 0 Å². The summed E-state index contributed by atoms with van der Waals surface area (Å²) in [7, 11) is 0. The van der Waals surface area contributed by atoms with E-state index in [2.05, 4.69) is 4.98 Å². The molecular formula is C25H20F2N2O2. The Labute approximate surface area is 178 Å². The maximum absolute atomic E-state index is 13.6. The number of oxazole rings is 1. The van der Waals surface area contributed by atoms with Gasteiger partial charge in [0.1, 0.15) is 23.2 Å². The van der Waals surface area contributed by atoms with Crippen molar-refractivity contribution in [2.24, 2.45) is 0 Å². The molecule has 2 heterocycles. The molecule has 0 spiro atoms. The van der Waals surface area contributed by atoms with Crippen LogP contribution in [0.15, 0.2) is 65.1 Å². The van der Waals surface area contributed by atoms with E-state index in [4.69, 9.17) is 4.42 Å². The molecule has 1 atom stereocenters. The van der Waals surface area contributed by atoms with E-state index < -0.39 is 0 Å². The second-order valence-corrected chi connectivity index (χ2v) is 7.86. The highest BCUT2D eigenvalue weighted by molar-refractivity contribution is 5.94. The van der Waals surface area contributed by atoms with Crippen LogP contribution >= 0.6 is 0 Å². The Morgan fingerprint density at radius 1 is 1.03 bits per heavy atom. The fraction of sp³-hybridized carbons (Fsp3) is 0.200. The number of carbonyl (C=O) groups excluding carboxylic acids is 1. The molecule has 5 rings (SSSR count). The summed E-state index contributed by atoms with van der Waals surface area (Å²) in [6, 6.07) is 16.0. The number of hydrogen-bond acceptors (Lipinski definition) is 3. The number of amides is 1. The van der Waals surface area contributed by atoms with Crippen LogP contribution in [0.1, 0.15) is 40.7 Å². The summed E-state index contributed by atoms with van der Waals surface area (Å²) in [5, 5.41) is 0. The van der Waals surface area contributed by atoms with Crippen molar-refractivity contribution in [1.82, 2.24) is 9.88 Å². The average molecular weight is 418 g/mol. The summed E-state index contributed by atoms with van der Waals surface area (Å²) < 4.78 is 32.8. The number of likely N-dealkylation sites (tertiary alicyclic amines) is 1. The van der Waals surface area contributed by atoms with Crippen LogP contribution in [0.3, 0.4) is 0 Å². The second-order valence-electron chi connectivity index (χ2n) is 7.86. The lowest BCUT2D eigenvalue weighted by Gasteiger charge is -2.22. The molecule has 4 aromatic rings. The number of aryl methyl sites for hydroxylation is 1. The Balaban J connectivity index is 1.46. The SMILES string of the molecule is Cc1cc(-c2ccc3oc(C4CCCN4C(=O)c4ccc(F)cc4)nc3c2)ccc1F. The number of benzene rings is 3. The van der Waals surface area contributed by atoms with Crippen molar-refractivity contribution < 1.29 is 18.0 Å². The standard InChI is InChI=1S/C25H20F2N2O2/c1-15-13-17(6-10-20(15)27)18-7-11-23-21(14-18)28-24(31-23)22-3-2-12-29(22)25(30)16-4-8-19(26)9-5-16/h4-11,13-14,22H,2-3,12H2,1H3. The van der Waals surface area contributed by atoms with Gasteiger partial charge in [0, 0.05) is 12.1 Å². The largest absolute Gasteiger partial charge is 0.438 e. The van der Waals surface area contributed by atoms with Gasteiger partial charge in [-0.3, -0.25) is 4.79 Å². The Morgan fingerprint density at radius 2 is 1.77 bits per heavy atom. The van der Waals surface area contributed by atoms with Gasteiger partial charge in [-0.25, -0.2) is 13.8 Å². The number of hydrogen-bond donors (Lipinski definition) is 0. The molecule has 1 aliphatic rings. The lowest BCUT2D eigenvalue weighted by atomic mass is 10.0. The van der Waals surface area contributed by atoms with Gasteiger partial charge in [-0.05, 0) is 85.0 Å². The van der Waals surface area contributed by atoms with E-state index in [1.807, 2.05) is 18.2 Å². The Bertz CT molecular complexity index is 1280. The molecule has 1 unspecified atom stereocenters. The molecule has 156 valence electrons. The van der Waals surface area contributed by atoms with Crippen LogP contribution < -0.4 is 0 Å². The van der Waals surface area contributed by atoms with Gasteiger partial charge in [0.2, 0.25) is 5.89 Å². The van der Waals surface area contributed by atoms with Crippen molar-refractivity contribution in [3.05, 3.63) is 89.3 Å². The fourth-order valence-electron chi connectivity index (χ4n) is 4.12. The summed E-state index contributed by atoms with van der Waals surface area (Å²) in [5.74, 6) is -0.274. The van der Waals surface area contributed by atoms with Crippen LogP contribution in [0, 0.1) is 18.6 Å². The van der Waals surface area contributed by atoms with Crippen molar-refractivity contribution in [2.45, 2.75) is 25.8 Å². The zero-order chi connectivity index (χ0) is 21.5. The molecule has 3 aromatic carbocycles. The second kappa shape index (κ2) is 7.61. The minimum atomic E-state index is -0.374. The van der Waals surface area contributed by atoms with Crippen LogP contribution in [0.5, 0.6) is 0 Å². The number of fused-ring (bicyclic) bond motifs is 1. The number of rotatable bonds is 3. The molecule has 4 nitrogen and oxygen atoms in total. The van der Waals surface area contributed by atoms with Gasteiger partial charge in [-0.15, -0.1) is 0 Å². The topological polar surface area (TPSA) is 46.3 Å². The summed E-state index contributed by atoms with van der Waals surface area (Å²) in [5.41, 5.74) is 4.17. The number of nitrogens with zero attached hydrogens (tertiary/aromatic N) is 2. The Kier molecular flexibility index (Phi) is 4.77. The lowest BCUT2D eigenvalue weighted by Crippen LogP contribution is -2.30. The smallest absolute Gasteiger partial charge is 0.254 e. The first kappa shape index (κ1) is 19.4. The van der Waals surface area contributed by atoms with Gasteiger partial charge in [0.05, 0.1) is 0 Å². The average Bonchev–Trinajstić information content (AvgIpc) is 3.42. The number of carbonyl (C=O) groups is 1. The van der Waals surface area contributed by atoms with Crippen molar-refractivity contribution in [2.75, 3.05) is 6.54 Å². The molecule has 1 aromatic heterocycles. The minimum Gasteiger partial charge on any atom is -0.438 e. The molecule has 31 heavy (non-hydrogen) atoms. The highest BCUT2D eigenvalue weighted by Gasteiger charge is 2.34. The van der Waals surface area contributed by atoms with Gasteiger partial charge < -0.3 is 9.32 Å². The van der Waals surface area contributed by atoms with Gasteiger partial charge in [0.25, 0.3) is 5.91 Å². The van der Waals surface area contributed by atoms with E-state index in [1.165, 1.54) is 30.3 Å². The highest BCUT2D eigenvalue weighted by atomic mass is 19.1. The quantitative estimate of drug-likeness (QED) is 0.406. The maximum Gasteiger partial charge on any atom is 0.254 e. The summed E-state index contributed by atoms with van der Waals surface area (Å²) in [6.07, 6.45) is 1.60. The first-order valence-electron chi connectivity index (χ1n) is 10.2. The van der Waals surface area contributed by atoms with E-state index in [0.29, 0.717) is 34.7 Å². The highest BCUT2D eigenvalue weighted by Crippen LogP contribution is 2.35. The summed E-state index contributed by atoms with van der Waals surface area (Å²) in [4.78, 5) is 19.4. The van der Waals surface area contributed by atoms with Gasteiger partial charge in [0.15, 0.2) is 5.58 Å². The molecule has 1 saturated heterocycles. The van der Waals surface area contributed by atoms with E-state index in [9.17, 15) is 13.6 Å². The zero-order valence-electron chi connectivity index (χ0n) is 16.9. The van der Waals surface area contributed by atoms with Crippen molar-refractivity contribution in [3.63, 3.8) is 0 Å². The van der Waals surface area contributed by atoms with Gasteiger partial charge >= 0.3 is 0 Å². The third-order valence-corrected chi connectivity index (χ3v) is 5.79. The first-order valence-corrected chi connectivity index (χ1v) is 10.2. The van der Waals surface area contributed by atoms with E-state index in [-0.39, 0.29) is 23.6 Å². The van der Waals surface area contributed by atoms with Crippen LogP contribution in [0.25, 0.3) is 22.2 Å². The monoisotopic (exact) mass is 418 g/mol. The minimum absolute atomic E-state index is 0.160. The van der Waals surface area contributed by atoms with E-state index >= 15 is 0 Å². The molecule has 6 heteroatoms. The predicted molar refractivity (Wildman–Crippen MR) is 114 cm³/mol. The molecule has 1 aliphatic heterocycles. The lowest BCUT2D eigenvalue weighted by molar-refractivity contribution is 0.0717. The zero-order valence-corrected chi connectivity index (χ0v) is 16.9. The van der Waals surface area contributed by atoms with Crippen molar-refractivity contribution >= 4 is 17.0 Å². The molecule has 0 aliphatic carbocycles. The Morgan fingerprint density at radius 3 is 2.55 bits per heavy atom. The molecule has 0 saturated carbocycles. The van der Waals surface area contributed by atoms with Crippen LogP contribution in [-0.4, -0.2) is 22.3 Å². The molecule has 0 bridgehead atoms. The summed E-state index contributed by atoms with van der Waals surface area (Å²) in [6.45, 7) is 2.33. The molecule has 1 fully saturated rings. The molecule has 0 N–H and O–H groups in total. The van der Waals surface area contributed by atoms with Crippen LogP contribution in [0.2, 0.25) is 0 Å². The van der Waals surface area contributed by atoms with Crippen LogP contribution in [0.4, 0.5) is 8.78 Å². The normalized spacial score (nSPS) is 16.2.